The van der Waals surface area contributed by atoms with Crippen molar-refractivity contribution in [3.8, 4) is 11.3 Å². The smallest absolute Gasteiger partial charge is 0.348 e. The fourth-order valence-electron chi connectivity index (χ4n) is 2.84. The minimum Gasteiger partial charge on any atom is -0.477 e. The van der Waals surface area contributed by atoms with Gasteiger partial charge in [0, 0.05) is 11.5 Å². The lowest BCUT2D eigenvalue weighted by Gasteiger charge is -2.18. The van der Waals surface area contributed by atoms with E-state index in [0.29, 0.717) is 27.1 Å². The van der Waals surface area contributed by atoms with Gasteiger partial charge in [-0.25, -0.2) is 9.78 Å². The van der Waals surface area contributed by atoms with Crippen LogP contribution in [0.2, 0.25) is 5.02 Å². The standard InChI is InChI=1S/C16H16ClNO2S/c17-12-9-5-4-8-11(12)13-14(16(19)20)21-15(18-13)10-6-2-1-3-7-10/h4-5,8-10H,1-3,6-7H2,(H,19,20). The predicted molar refractivity (Wildman–Crippen MR) is 85.3 cm³/mol. The summed E-state index contributed by atoms with van der Waals surface area (Å²) in [6, 6.07) is 7.28. The quantitative estimate of drug-likeness (QED) is 0.844. The summed E-state index contributed by atoms with van der Waals surface area (Å²) in [5.41, 5.74) is 1.22. The Bertz CT molecular complexity index is 662. The van der Waals surface area contributed by atoms with Crippen LogP contribution in [0.5, 0.6) is 0 Å². The lowest BCUT2D eigenvalue weighted by molar-refractivity contribution is 0.0702. The zero-order valence-corrected chi connectivity index (χ0v) is 13.1. The molecule has 1 aliphatic rings. The number of nitrogens with zero attached hydrogens (tertiary/aromatic N) is 1. The molecule has 3 nitrogen and oxygen atoms in total. The van der Waals surface area contributed by atoms with Crippen molar-refractivity contribution >= 4 is 28.9 Å². The van der Waals surface area contributed by atoms with Gasteiger partial charge in [-0.15, -0.1) is 11.3 Å². The molecule has 0 amide bonds. The molecule has 0 bridgehead atoms. The number of rotatable bonds is 3. The van der Waals surface area contributed by atoms with E-state index in [1.165, 1.54) is 30.6 Å². The molecule has 5 heteroatoms. The van der Waals surface area contributed by atoms with Crippen molar-refractivity contribution in [3.63, 3.8) is 0 Å². The van der Waals surface area contributed by atoms with Gasteiger partial charge in [-0.3, -0.25) is 0 Å². The number of halogens is 1. The predicted octanol–water partition coefficient (Wildman–Crippen LogP) is 5.21. The number of benzene rings is 1. The third-order valence-corrected chi connectivity index (χ3v) is 5.46. The van der Waals surface area contributed by atoms with Gasteiger partial charge in [0.15, 0.2) is 0 Å². The maximum Gasteiger partial charge on any atom is 0.348 e. The Morgan fingerprint density at radius 2 is 1.95 bits per heavy atom. The molecule has 0 aliphatic heterocycles. The summed E-state index contributed by atoms with van der Waals surface area (Å²) >= 11 is 7.51. The van der Waals surface area contributed by atoms with E-state index in [0.717, 1.165) is 17.8 Å². The number of aromatic nitrogens is 1. The molecule has 21 heavy (non-hydrogen) atoms. The molecular formula is C16H16ClNO2S. The SMILES string of the molecule is O=C(O)c1sc(C2CCCCC2)nc1-c1ccccc1Cl. The molecule has 110 valence electrons. The molecule has 1 aromatic heterocycles. The summed E-state index contributed by atoms with van der Waals surface area (Å²) in [4.78, 5) is 16.5. The van der Waals surface area contributed by atoms with Crippen LogP contribution in [0, 0.1) is 0 Å². The van der Waals surface area contributed by atoms with Crippen molar-refractivity contribution in [3.05, 3.63) is 39.2 Å². The van der Waals surface area contributed by atoms with Crippen LogP contribution in [-0.4, -0.2) is 16.1 Å². The van der Waals surface area contributed by atoms with Crippen LogP contribution in [-0.2, 0) is 0 Å². The second-order valence-electron chi connectivity index (χ2n) is 5.35. The van der Waals surface area contributed by atoms with Gasteiger partial charge < -0.3 is 5.11 Å². The van der Waals surface area contributed by atoms with Gasteiger partial charge in [0.05, 0.1) is 15.7 Å². The largest absolute Gasteiger partial charge is 0.477 e. The van der Waals surface area contributed by atoms with E-state index in [-0.39, 0.29) is 0 Å². The molecule has 2 aromatic rings. The van der Waals surface area contributed by atoms with Crippen molar-refractivity contribution in [1.29, 1.82) is 0 Å². The first-order valence-electron chi connectivity index (χ1n) is 7.15. The van der Waals surface area contributed by atoms with Crippen molar-refractivity contribution in [2.24, 2.45) is 0 Å². The van der Waals surface area contributed by atoms with Crippen LogP contribution in [0.4, 0.5) is 0 Å². The van der Waals surface area contributed by atoms with E-state index < -0.39 is 5.97 Å². The molecule has 1 aromatic carbocycles. The first-order valence-corrected chi connectivity index (χ1v) is 8.35. The van der Waals surface area contributed by atoms with Gasteiger partial charge in [0.25, 0.3) is 0 Å². The summed E-state index contributed by atoms with van der Waals surface area (Å²) in [6.45, 7) is 0. The Kier molecular flexibility index (Phi) is 4.27. The molecule has 1 N–H and O–H groups in total. The molecule has 0 unspecified atom stereocenters. The highest BCUT2D eigenvalue weighted by atomic mass is 35.5. The molecule has 0 atom stereocenters. The first-order chi connectivity index (χ1) is 10.2. The lowest BCUT2D eigenvalue weighted by Crippen LogP contribution is -2.03. The van der Waals surface area contributed by atoms with Crippen LogP contribution in [0.15, 0.2) is 24.3 Å². The fraction of sp³-hybridized carbons (Fsp3) is 0.375. The number of carboxylic acids is 1. The minimum atomic E-state index is -0.926. The van der Waals surface area contributed by atoms with Gasteiger partial charge in [0.2, 0.25) is 0 Å². The average Bonchev–Trinajstić information content (AvgIpc) is 2.94. The van der Waals surface area contributed by atoms with E-state index in [1.54, 1.807) is 6.07 Å². The third kappa shape index (κ3) is 2.97. The highest BCUT2D eigenvalue weighted by Crippen LogP contribution is 2.39. The van der Waals surface area contributed by atoms with E-state index in [9.17, 15) is 9.90 Å². The van der Waals surface area contributed by atoms with Gasteiger partial charge in [-0.05, 0) is 18.9 Å². The van der Waals surface area contributed by atoms with Gasteiger partial charge in [0.1, 0.15) is 4.88 Å². The summed E-state index contributed by atoms with van der Waals surface area (Å²) in [6.07, 6.45) is 5.89. The van der Waals surface area contributed by atoms with Crippen molar-refractivity contribution in [2.45, 2.75) is 38.0 Å². The zero-order chi connectivity index (χ0) is 14.8. The van der Waals surface area contributed by atoms with Crippen LogP contribution >= 0.6 is 22.9 Å². The van der Waals surface area contributed by atoms with E-state index in [4.69, 9.17) is 11.6 Å². The molecule has 1 saturated carbocycles. The van der Waals surface area contributed by atoms with Crippen LogP contribution in [0.1, 0.15) is 52.7 Å². The Balaban J connectivity index is 2.05. The molecule has 3 rings (SSSR count). The highest BCUT2D eigenvalue weighted by molar-refractivity contribution is 7.14. The van der Waals surface area contributed by atoms with Gasteiger partial charge in [-0.2, -0.15) is 0 Å². The average molecular weight is 322 g/mol. The molecule has 1 aliphatic carbocycles. The molecule has 1 fully saturated rings. The summed E-state index contributed by atoms with van der Waals surface area (Å²) in [5.74, 6) is -0.525. The second kappa shape index (κ2) is 6.16. The van der Waals surface area contributed by atoms with Crippen molar-refractivity contribution < 1.29 is 9.90 Å². The van der Waals surface area contributed by atoms with Crippen LogP contribution in [0.25, 0.3) is 11.3 Å². The van der Waals surface area contributed by atoms with E-state index in [2.05, 4.69) is 4.98 Å². The Labute approximate surface area is 132 Å². The Hall–Kier alpha value is -1.39. The number of hydrogen-bond donors (Lipinski definition) is 1. The third-order valence-electron chi connectivity index (χ3n) is 3.92. The van der Waals surface area contributed by atoms with Crippen molar-refractivity contribution in [1.82, 2.24) is 4.98 Å². The maximum atomic E-state index is 11.5. The number of carbonyl (C=O) groups is 1. The molecular weight excluding hydrogens is 306 g/mol. The molecule has 1 heterocycles. The monoisotopic (exact) mass is 321 g/mol. The Morgan fingerprint density at radius 1 is 1.24 bits per heavy atom. The number of aromatic carboxylic acids is 1. The van der Waals surface area contributed by atoms with Crippen molar-refractivity contribution in [2.75, 3.05) is 0 Å². The van der Waals surface area contributed by atoms with Gasteiger partial charge in [-0.1, -0.05) is 49.1 Å². The number of hydrogen-bond acceptors (Lipinski definition) is 3. The second-order valence-corrected chi connectivity index (χ2v) is 6.79. The lowest BCUT2D eigenvalue weighted by atomic mass is 9.90. The van der Waals surface area contributed by atoms with E-state index >= 15 is 0 Å². The topological polar surface area (TPSA) is 50.2 Å². The first kappa shape index (κ1) is 14.5. The zero-order valence-electron chi connectivity index (χ0n) is 11.5. The maximum absolute atomic E-state index is 11.5. The molecule has 0 radical (unpaired) electrons. The summed E-state index contributed by atoms with van der Waals surface area (Å²) in [7, 11) is 0. The Morgan fingerprint density at radius 3 is 2.62 bits per heavy atom. The highest BCUT2D eigenvalue weighted by Gasteiger charge is 2.25. The normalized spacial score (nSPS) is 16.0. The van der Waals surface area contributed by atoms with Crippen LogP contribution in [0.3, 0.4) is 0 Å². The van der Waals surface area contributed by atoms with E-state index in [1.807, 2.05) is 18.2 Å². The summed E-state index contributed by atoms with van der Waals surface area (Å²) in [5, 5.41) is 10.9. The number of carboxylic acid groups (broad SMARTS) is 1. The summed E-state index contributed by atoms with van der Waals surface area (Å²) < 4.78 is 0. The van der Waals surface area contributed by atoms with Gasteiger partial charge >= 0.3 is 5.97 Å². The number of thiazole rings is 1. The molecule has 0 saturated heterocycles. The van der Waals surface area contributed by atoms with Crippen LogP contribution < -0.4 is 0 Å². The fourth-order valence-corrected chi connectivity index (χ4v) is 4.15. The molecule has 0 spiro atoms. The minimum absolute atomic E-state index is 0.295.